The smallest absolute Gasteiger partial charge is 0.338 e. The van der Waals surface area contributed by atoms with Crippen LogP contribution >= 0.6 is 34.4 Å². The second-order valence-corrected chi connectivity index (χ2v) is 12.6. The summed E-state index contributed by atoms with van der Waals surface area (Å²) in [4.78, 5) is 70.2. The van der Waals surface area contributed by atoms with Gasteiger partial charge in [0.25, 0.3) is 0 Å². The highest BCUT2D eigenvalue weighted by Gasteiger charge is 2.57. The quantitative estimate of drug-likeness (QED) is 0.314. The van der Waals surface area contributed by atoms with E-state index in [0.29, 0.717) is 47.5 Å². The van der Waals surface area contributed by atoms with E-state index in [1.54, 1.807) is 24.0 Å². The molecule has 2 aromatic heterocycles. The molecule has 0 radical (unpaired) electrons. The number of benzene rings is 1. The molecule has 2 saturated heterocycles. The first-order valence-electron chi connectivity index (χ1n) is 12.8. The number of hydrogen-bond acceptors (Lipinski definition) is 10. The Morgan fingerprint density at radius 3 is 2.48 bits per heavy atom. The summed E-state index contributed by atoms with van der Waals surface area (Å²) >= 11 is 3.69. The van der Waals surface area contributed by atoms with Gasteiger partial charge in [-0.3, -0.25) is 23.7 Å². The molecule has 3 aromatic rings. The molecule has 0 spiro atoms. The van der Waals surface area contributed by atoms with Crippen LogP contribution in [0.25, 0.3) is 0 Å². The summed E-state index contributed by atoms with van der Waals surface area (Å²) in [5.41, 5.74) is 0.690. The minimum Gasteiger partial charge on any atom is -0.462 e. The van der Waals surface area contributed by atoms with Gasteiger partial charge in [0, 0.05) is 28.8 Å². The molecule has 5 heterocycles. The van der Waals surface area contributed by atoms with Gasteiger partial charge in [0.2, 0.25) is 17.7 Å². The number of imide groups is 1. The maximum atomic E-state index is 13.9. The predicted octanol–water partition coefficient (Wildman–Crippen LogP) is 2.80. The number of amides is 3. The lowest BCUT2D eigenvalue weighted by molar-refractivity contribution is -0.136. The van der Waals surface area contributed by atoms with E-state index in [-0.39, 0.29) is 35.7 Å². The molecule has 0 aliphatic carbocycles. The summed E-state index contributed by atoms with van der Waals surface area (Å²) in [6, 6.07) is 9.99. The highest BCUT2D eigenvalue weighted by molar-refractivity contribution is 8.00. The monoisotopic (exact) mass is 599 g/mol. The summed E-state index contributed by atoms with van der Waals surface area (Å²) in [6.45, 7) is 3.66. The number of hydrogen-bond donors (Lipinski definition) is 0. The Hall–Kier alpha value is -3.26. The number of aromatic nitrogens is 1. The van der Waals surface area contributed by atoms with Crippen LogP contribution < -0.4 is 9.77 Å². The van der Waals surface area contributed by atoms with Gasteiger partial charge in [0.1, 0.15) is 11.8 Å². The molecule has 3 atom stereocenters. The summed E-state index contributed by atoms with van der Waals surface area (Å²) < 4.78 is 11.8. The Labute approximate surface area is 241 Å². The van der Waals surface area contributed by atoms with Gasteiger partial charge in [-0.15, -0.1) is 11.3 Å². The molecule has 3 unspecified atom stereocenters. The minimum atomic E-state index is -0.768. The van der Waals surface area contributed by atoms with Crippen LogP contribution in [0.3, 0.4) is 0 Å². The van der Waals surface area contributed by atoms with E-state index >= 15 is 0 Å². The number of ether oxygens (including phenoxy) is 2. The Morgan fingerprint density at radius 2 is 1.80 bits per heavy atom. The molecule has 1 aromatic carbocycles. The Morgan fingerprint density at radius 1 is 1.05 bits per heavy atom. The van der Waals surface area contributed by atoms with Crippen molar-refractivity contribution in [1.82, 2.24) is 9.47 Å². The SMILES string of the molecule is CCOC(=O)c1ccc(N2C(=O)C3Sc4c(sc(=O)n4CC(=O)N4CCOCC4)C(c4cccs4)C3C2=O)cc1. The van der Waals surface area contributed by atoms with Gasteiger partial charge in [-0.05, 0) is 42.6 Å². The molecule has 0 saturated carbocycles. The number of anilines is 1. The number of esters is 1. The van der Waals surface area contributed by atoms with Gasteiger partial charge in [-0.2, -0.15) is 0 Å². The topological polar surface area (TPSA) is 115 Å². The van der Waals surface area contributed by atoms with Crippen molar-refractivity contribution in [1.29, 1.82) is 0 Å². The van der Waals surface area contributed by atoms with Gasteiger partial charge in [0.15, 0.2) is 0 Å². The number of rotatable bonds is 6. The van der Waals surface area contributed by atoms with Crippen molar-refractivity contribution < 1.29 is 28.7 Å². The van der Waals surface area contributed by atoms with E-state index in [1.165, 1.54) is 44.7 Å². The maximum absolute atomic E-state index is 13.9. The van der Waals surface area contributed by atoms with E-state index in [0.717, 1.165) is 16.2 Å². The van der Waals surface area contributed by atoms with Gasteiger partial charge in [-0.1, -0.05) is 29.2 Å². The van der Waals surface area contributed by atoms with Gasteiger partial charge >= 0.3 is 10.8 Å². The zero-order valence-electron chi connectivity index (χ0n) is 21.4. The van der Waals surface area contributed by atoms with E-state index in [2.05, 4.69) is 0 Å². The minimum absolute atomic E-state index is 0.132. The summed E-state index contributed by atoms with van der Waals surface area (Å²) in [6.07, 6.45) is 0. The highest BCUT2D eigenvalue weighted by Crippen LogP contribution is 2.54. The average Bonchev–Trinajstić information content (AvgIpc) is 3.66. The van der Waals surface area contributed by atoms with Crippen LogP contribution in [0.5, 0.6) is 0 Å². The van der Waals surface area contributed by atoms with Gasteiger partial charge in [0.05, 0.1) is 42.0 Å². The number of thiazole rings is 1. The van der Waals surface area contributed by atoms with Crippen molar-refractivity contribution in [2.75, 3.05) is 37.8 Å². The molecular formula is C27H25N3O7S3. The number of carbonyl (C=O) groups is 4. The van der Waals surface area contributed by atoms with Crippen LogP contribution in [0.1, 0.15) is 33.0 Å². The zero-order chi connectivity index (χ0) is 28.0. The molecule has 3 aliphatic rings. The van der Waals surface area contributed by atoms with Crippen molar-refractivity contribution in [3.05, 3.63) is 66.8 Å². The third-order valence-corrected chi connectivity index (χ3v) is 10.8. The molecule has 208 valence electrons. The molecule has 0 N–H and O–H groups in total. The lowest BCUT2D eigenvalue weighted by Gasteiger charge is -2.30. The molecule has 3 amide bonds. The first-order chi connectivity index (χ1) is 19.4. The Kier molecular flexibility index (Phi) is 7.38. The lowest BCUT2D eigenvalue weighted by Crippen LogP contribution is -2.43. The first kappa shape index (κ1) is 26.9. The van der Waals surface area contributed by atoms with E-state index < -0.39 is 23.1 Å². The Balaban J connectivity index is 1.36. The van der Waals surface area contributed by atoms with Crippen LogP contribution in [0, 0.1) is 5.92 Å². The van der Waals surface area contributed by atoms with E-state index in [4.69, 9.17) is 9.47 Å². The molecule has 10 nitrogen and oxygen atoms in total. The molecule has 3 aliphatic heterocycles. The standard InChI is InChI=1S/C27H25N3O7S3/c1-2-37-26(34)15-5-7-16(8-6-15)30-23(32)20-19(17-4-3-13-38-17)22-25(39-21(20)24(30)33)29(27(35)40-22)14-18(31)28-9-11-36-12-10-28/h3-8,13,19-21H,2,9-12,14H2,1H3. The number of thiophene rings is 1. The second kappa shape index (κ2) is 11.0. The zero-order valence-corrected chi connectivity index (χ0v) is 23.9. The number of nitrogens with zero attached hydrogens (tertiary/aromatic N) is 3. The van der Waals surface area contributed by atoms with Gasteiger partial charge < -0.3 is 14.4 Å². The van der Waals surface area contributed by atoms with Crippen LogP contribution in [-0.4, -0.2) is 71.3 Å². The van der Waals surface area contributed by atoms with Crippen molar-refractivity contribution in [2.24, 2.45) is 5.92 Å². The summed E-state index contributed by atoms with van der Waals surface area (Å²) in [5.74, 6) is -2.61. The highest BCUT2D eigenvalue weighted by atomic mass is 32.2. The van der Waals surface area contributed by atoms with Crippen molar-refractivity contribution in [2.45, 2.75) is 29.7 Å². The van der Waals surface area contributed by atoms with E-state index in [9.17, 15) is 24.0 Å². The molecule has 2 fully saturated rings. The fraction of sp³-hybridized carbons (Fsp3) is 0.370. The van der Waals surface area contributed by atoms with Crippen molar-refractivity contribution in [3.63, 3.8) is 0 Å². The van der Waals surface area contributed by atoms with E-state index in [1.807, 2.05) is 17.5 Å². The number of carbonyl (C=O) groups excluding carboxylic acids is 4. The molecule has 13 heteroatoms. The van der Waals surface area contributed by atoms with Crippen LogP contribution in [-0.2, 0) is 30.4 Å². The largest absolute Gasteiger partial charge is 0.462 e. The third-order valence-electron chi connectivity index (χ3n) is 7.19. The lowest BCUT2D eigenvalue weighted by atomic mass is 9.87. The molecule has 6 rings (SSSR count). The van der Waals surface area contributed by atoms with Crippen LogP contribution in [0.4, 0.5) is 5.69 Å². The normalized spacial score (nSPS) is 22.3. The van der Waals surface area contributed by atoms with Crippen molar-refractivity contribution >= 4 is 63.8 Å². The van der Waals surface area contributed by atoms with Crippen LogP contribution in [0.15, 0.2) is 51.6 Å². The number of fused-ring (bicyclic) bond motifs is 2. The summed E-state index contributed by atoms with van der Waals surface area (Å²) in [5, 5.41) is 1.70. The predicted molar refractivity (Wildman–Crippen MR) is 150 cm³/mol. The fourth-order valence-corrected chi connectivity index (χ4v) is 9.01. The first-order valence-corrected chi connectivity index (χ1v) is 15.4. The van der Waals surface area contributed by atoms with Crippen LogP contribution in [0.2, 0.25) is 0 Å². The number of morpholine rings is 1. The second-order valence-electron chi connectivity index (χ2n) is 9.45. The van der Waals surface area contributed by atoms with Gasteiger partial charge in [-0.25, -0.2) is 9.69 Å². The number of thioether (sulfide) groups is 1. The Bertz CT molecular complexity index is 1520. The third kappa shape index (κ3) is 4.60. The molecular weight excluding hydrogens is 575 g/mol. The van der Waals surface area contributed by atoms with Crippen molar-refractivity contribution in [3.8, 4) is 0 Å². The fourth-order valence-electron chi connectivity index (χ4n) is 5.29. The average molecular weight is 600 g/mol. The maximum Gasteiger partial charge on any atom is 0.338 e. The summed E-state index contributed by atoms with van der Waals surface area (Å²) in [7, 11) is 0. The molecule has 0 bridgehead atoms. The molecule has 40 heavy (non-hydrogen) atoms.